The van der Waals surface area contributed by atoms with Crippen LogP contribution >= 0.6 is 0 Å². The summed E-state index contributed by atoms with van der Waals surface area (Å²) in [6, 6.07) is 26.3. The molecule has 6 heteroatoms. The van der Waals surface area contributed by atoms with Gasteiger partial charge < -0.3 is 13.9 Å². The van der Waals surface area contributed by atoms with Gasteiger partial charge in [0.2, 0.25) is 0 Å². The standard InChI is InChI=1S/C49H38N4O.Pt/c1-49(2,3)33-35-26-27-50-47(30-35)53-45-23-11-10-20-43(45)44-25-24-40(32-46(44)53)54-39-19-12-18-38(31-39)51-28-29-52(34-51)48-41(36-14-6-4-7-15-36)21-13-22-42(48)37-16-8-5-9-17-37;/h4-30H,33H2,1-3H3;/q-2;/i4D,5D,6D,7D,8D,9D,14D,15D,16D,17D,33D2;. The topological polar surface area (TPSA) is 35.9 Å². The van der Waals surface area contributed by atoms with Gasteiger partial charge in [-0.2, -0.15) is 18.2 Å². The smallest absolute Gasteiger partial charge is 0.267 e. The van der Waals surface area contributed by atoms with E-state index in [-0.39, 0.29) is 49.0 Å². The molecule has 3 heterocycles. The first kappa shape index (κ1) is 24.4. The van der Waals surface area contributed by atoms with Crippen LogP contribution in [-0.2, 0) is 27.4 Å². The number of nitrogens with zero attached hydrogens (tertiary/aromatic N) is 4. The molecule has 6 aromatic carbocycles. The van der Waals surface area contributed by atoms with Crippen molar-refractivity contribution in [2.75, 3.05) is 0 Å². The van der Waals surface area contributed by atoms with Crippen molar-refractivity contribution >= 4 is 21.8 Å². The van der Waals surface area contributed by atoms with Gasteiger partial charge in [0, 0.05) is 59.4 Å². The molecule has 55 heavy (non-hydrogen) atoms. The van der Waals surface area contributed by atoms with E-state index >= 15 is 0 Å². The van der Waals surface area contributed by atoms with Crippen LogP contribution in [0.25, 0.3) is 61.3 Å². The zero-order valence-corrected chi connectivity index (χ0v) is 32.1. The van der Waals surface area contributed by atoms with E-state index in [0.717, 1.165) is 16.3 Å². The number of pyridine rings is 1. The number of aromatic nitrogens is 4. The number of hydrogen-bond acceptors (Lipinski definition) is 2. The van der Waals surface area contributed by atoms with E-state index in [1.54, 1.807) is 71.7 Å². The Labute approximate surface area is 353 Å². The molecule has 9 aromatic rings. The molecule has 0 bridgehead atoms. The predicted octanol–water partition coefficient (Wildman–Crippen LogP) is 11.4. The van der Waals surface area contributed by atoms with Crippen molar-refractivity contribution in [3.63, 3.8) is 0 Å². The summed E-state index contributed by atoms with van der Waals surface area (Å²) in [5.74, 6) is 1.20. The van der Waals surface area contributed by atoms with Crippen LogP contribution in [0.1, 0.15) is 42.8 Å². The van der Waals surface area contributed by atoms with Crippen LogP contribution in [0.5, 0.6) is 11.5 Å². The molecule has 0 aliphatic rings. The van der Waals surface area contributed by atoms with Crippen LogP contribution in [0, 0.1) is 23.9 Å². The molecule has 272 valence electrons. The van der Waals surface area contributed by atoms with Crippen LogP contribution in [0.4, 0.5) is 0 Å². The molecular formula is C49H38N4OPt-2. The number of imidazole rings is 1. The molecule has 0 fully saturated rings. The third-order valence-corrected chi connectivity index (χ3v) is 8.68. The molecule has 0 radical (unpaired) electrons. The largest absolute Gasteiger partial charge is 0.510 e. The number of benzene rings is 6. The summed E-state index contributed by atoms with van der Waals surface area (Å²) in [4.78, 5) is 4.68. The maximum absolute atomic E-state index is 8.94. The fraction of sp³-hybridized carbons (Fsp3) is 0.102. The van der Waals surface area contributed by atoms with E-state index in [1.165, 1.54) is 10.6 Å². The Morgan fingerprint density at radius 1 is 0.764 bits per heavy atom. The van der Waals surface area contributed by atoms with E-state index in [1.807, 2.05) is 55.7 Å². The van der Waals surface area contributed by atoms with Crippen LogP contribution in [0.2, 0.25) is 0 Å². The van der Waals surface area contributed by atoms with Crippen LogP contribution in [0.3, 0.4) is 0 Å². The first-order chi connectivity index (χ1) is 31.3. The monoisotopic (exact) mass is 905 g/mol. The molecule has 0 amide bonds. The molecule has 0 spiro atoms. The zero-order valence-electron chi connectivity index (χ0n) is 41.8. The number of hydrogen-bond donors (Lipinski definition) is 0. The van der Waals surface area contributed by atoms with Gasteiger partial charge in [-0.1, -0.05) is 123 Å². The van der Waals surface area contributed by atoms with Gasteiger partial charge in [-0.05, 0) is 68.9 Å². The fourth-order valence-electron chi connectivity index (χ4n) is 6.53. The SMILES string of the molecule is [2H]c1c([2H])c([2H])c(-c2cccc(-c3c([2H])c([2H])c([2H])c([2H])c3[2H])c2-[n+]2[c-]n(-c3[c-]c(Oc4[c-]c5c(cc4)c4ccccc4n5-c4cc(C([2H])([2H])C(C)(C)C)ccn4)ccc3)cc2)c([2H])c1[2H].[Pt]. The summed E-state index contributed by atoms with van der Waals surface area (Å²) in [7, 11) is 0. The molecule has 0 atom stereocenters. The molecule has 0 saturated carbocycles. The second kappa shape index (κ2) is 15.0. The second-order valence-corrected chi connectivity index (χ2v) is 13.6. The quantitative estimate of drug-likeness (QED) is 0.112. The third-order valence-electron chi connectivity index (χ3n) is 8.68. The Balaban J connectivity index is 0.00000608. The van der Waals surface area contributed by atoms with Crippen molar-refractivity contribution in [1.82, 2.24) is 14.1 Å². The number of para-hydroxylation sites is 2. The molecule has 3 aromatic heterocycles. The van der Waals surface area contributed by atoms with E-state index in [9.17, 15) is 0 Å². The van der Waals surface area contributed by atoms with Gasteiger partial charge >= 0.3 is 0 Å². The summed E-state index contributed by atoms with van der Waals surface area (Å²) in [5.41, 5.74) is 1.91. The van der Waals surface area contributed by atoms with Crippen molar-refractivity contribution in [2.45, 2.75) is 27.1 Å². The Hall–Kier alpha value is -6.03. The van der Waals surface area contributed by atoms with Gasteiger partial charge in [0.25, 0.3) is 6.33 Å². The average molecular weight is 906 g/mol. The maximum atomic E-state index is 8.94. The Kier molecular flexibility index (Phi) is 6.66. The minimum absolute atomic E-state index is 0. The van der Waals surface area contributed by atoms with E-state index in [0.29, 0.717) is 34.1 Å². The minimum atomic E-state index is -1.65. The molecule has 0 N–H and O–H groups in total. The number of ether oxygens (including phenoxy) is 1. The molecule has 0 aliphatic heterocycles. The normalized spacial score (nSPS) is 14.8. The van der Waals surface area contributed by atoms with Crippen LogP contribution in [0.15, 0.2) is 164 Å². The maximum Gasteiger partial charge on any atom is 0.267 e. The average Bonchev–Trinajstić information content (AvgIpc) is 3.92. The Morgan fingerprint density at radius 3 is 2.18 bits per heavy atom. The van der Waals surface area contributed by atoms with Gasteiger partial charge in [-0.15, -0.1) is 29.7 Å². The van der Waals surface area contributed by atoms with Crippen LogP contribution < -0.4 is 9.30 Å². The van der Waals surface area contributed by atoms with Crippen molar-refractivity contribution < 1.29 is 46.8 Å². The van der Waals surface area contributed by atoms with E-state index < -0.39 is 72.2 Å². The summed E-state index contributed by atoms with van der Waals surface area (Å²) in [5, 5.41) is 1.84. The minimum Gasteiger partial charge on any atom is -0.510 e. The molecule has 5 nitrogen and oxygen atoms in total. The zero-order chi connectivity index (χ0) is 47.1. The summed E-state index contributed by atoms with van der Waals surface area (Å²) in [6.07, 6.45) is 6.39. The first-order valence-electron chi connectivity index (χ1n) is 23.2. The van der Waals surface area contributed by atoms with Crippen molar-refractivity contribution in [1.29, 1.82) is 0 Å². The summed E-state index contributed by atoms with van der Waals surface area (Å²) >= 11 is 0. The summed E-state index contributed by atoms with van der Waals surface area (Å²) in [6.45, 7) is 5.59. The van der Waals surface area contributed by atoms with Crippen molar-refractivity contribution in [3.05, 3.63) is 188 Å². The van der Waals surface area contributed by atoms with E-state index in [2.05, 4.69) is 23.4 Å². The summed E-state index contributed by atoms with van der Waals surface area (Å²) < 4.78 is 115. The molecular weight excluding hydrogens is 856 g/mol. The fourth-order valence-corrected chi connectivity index (χ4v) is 6.53. The first-order valence-corrected chi connectivity index (χ1v) is 17.2. The third kappa shape index (κ3) is 7.28. The van der Waals surface area contributed by atoms with Crippen LogP contribution in [-0.4, -0.2) is 14.1 Å². The predicted molar refractivity (Wildman–Crippen MR) is 216 cm³/mol. The molecule has 0 unspecified atom stereocenters. The van der Waals surface area contributed by atoms with Gasteiger partial charge in [-0.3, -0.25) is 4.57 Å². The van der Waals surface area contributed by atoms with Crippen molar-refractivity contribution in [3.8, 4) is 50.9 Å². The van der Waals surface area contributed by atoms with E-state index in [4.69, 9.17) is 21.2 Å². The van der Waals surface area contributed by atoms with Gasteiger partial charge in [-0.25, -0.2) is 4.98 Å². The van der Waals surface area contributed by atoms with Gasteiger partial charge in [0.15, 0.2) is 0 Å². The second-order valence-electron chi connectivity index (χ2n) is 13.6. The number of rotatable bonds is 8. The molecule has 0 aliphatic carbocycles. The Morgan fingerprint density at radius 2 is 1.45 bits per heavy atom. The molecule has 0 saturated heterocycles. The Bertz CT molecular complexity index is 3310. The van der Waals surface area contributed by atoms with Gasteiger partial charge in [0.05, 0.1) is 19.4 Å². The molecule has 9 rings (SSSR count). The van der Waals surface area contributed by atoms with Crippen molar-refractivity contribution in [2.24, 2.45) is 5.41 Å². The number of fused-ring (bicyclic) bond motifs is 3. The van der Waals surface area contributed by atoms with Gasteiger partial charge in [0.1, 0.15) is 5.82 Å².